The lowest BCUT2D eigenvalue weighted by Gasteiger charge is -2.41. The summed E-state index contributed by atoms with van der Waals surface area (Å²) >= 11 is 0. The number of hydrogen-bond donors (Lipinski definition) is 2. The van der Waals surface area contributed by atoms with Crippen molar-refractivity contribution >= 4 is 24.7 Å². The minimum atomic E-state index is -1.23. The minimum Gasteiger partial charge on any atom is -0.508 e. The number of carbonyl (C=O) groups is 1. The first-order valence-electron chi connectivity index (χ1n) is 13.8. The number of hydrazone groups is 1. The van der Waals surface area contributed by atoms with Crippen molar-refractivity contribution in [3.8, 4) is 23.0 Å². The van der Waals surface area contributed by atoms with Gasteiger partial charge in [0.15, 0.2) is 0 Å². The van der Waals surface area contributed by atoms with Gasteiger partial charge in [0.1, 0.15) is 28.5 Å². The highest BCUT2D eigenvalue weighted by molar-refractivity contribution is 6.63. The summed E-state index contributed by atoms with van der Waals surface area (Å²) in [6, 6.07) is 24.7. The average Bonchev–Trinajstić information content (AvgIpc) is 3.32. The molecule has 9 heteroatoms. The number of rotatable bonds is 3. The lowest BCUT2D eigenvalue weighted by atomic mass is 9.75. The maximum atomic E-state index is 14.2. The van der Waals surface area contributed by atoms with E-state index in [-0.39, 0.29) is 17.4 Å². The minimum absolute atomic E-state index is 0.0107. The van der Waals surface area contributed by atoms with Crippen molar-refractivity contribution < 1.29 is 29.1 Å². The highest BCUT2D eigenvalue weighted by atomic mass is 16.7. The molecule has 1 spiro atoms. The molecule has 3 heterocycles. The van der Waals surface area contributed by atoms with Gasteiger partial charge in [0.2, 0.25) is 0 Å². The molecule has 0 atom stereocenters. The maximum Gasteiger partial charge on any atom is 0.495 e. The topological polar surface area (TPSA) is 101 Å². The van der Waals surface area contributed by atoms with Gasteiger partial charge in [0.05, 0.1) is 17.4 Å². The third-order valence-corrected chi connectivity index (χ3v) is 8.80. The second-order valence-electron chi connectivity index (χ2n) is 11.8. The fourth-order valence-electron chi connectivity index (χ4n) is 6.01. The number of phenolic OH excluding ortho intramolecular Hbond substituents is 2. The zero-order valence-corrected chi connectivity index (χ0v) is 23.7. The van der Waals surface area contributed by atoms with Crippen molar-refractivity contribution in [1.29, 1.82) is 0 Å². The fourth-order valence-corrected chi connectivity index (χ4v) is 6.01. The van der Waals surface area contributed by atoms with Crippen LogP contribution in [0.3, 0.4) is 0 Å². The molecular formula is C33H29BN2O6. The number of aromatic hydroxyl groups is 2. The van der Waals surface area contributed by atoms with Gasteiger partial charge < -0.3 is 24.3 Å². The first kappa shape index (κ1) is 26.3. The van der Waals surface area contributed by atoms with Crippen LogP contribution in [-0.4, -0.2) is 45.7 Å². The zero-order valence-electron chi connectivity index (χ0n) is 23.7. The maximum absolute atomic E-state index is 14.2. The van der Waals surface area contributed by atoms with Crippen LogP contribution in [0.1, 0.15) is 60.3 Å². The van der Waals surface area contributed by atoms with E-state index in [1.54, 1.807) is 36.5 Å². The number of hydrogen-bond acceptors (Lipinski definition) is 7. The van der Waals surface area contributed by atoms with Gasteiger partial charge in [-0.25, -0.2) is 5.01 Å². The largest absolute Gasteiger partial charge is 0.508 e. The van der Waals surface area contributed by atoms with Crippen LogP contribution in [0.5, 0.6) is 23.0 Å². The molecule has 0 saturated carbocycles. The first-order valence-corrected chi connectivity index (χ1v) is 13.8. The first-order chi connectivity index (χ1) is 20.0. The molecule has 1 amide bonds. The Labute approximate surface area is 243 Å². The second kappa shape index (κ2) is 8.95. The molecule has 3 aliphatic heterocycles. The van der Waals surface area contributed by atoms with Crippen molar-refractivity contribution in [2.24, 2.45) is 5.10 Å². The Hall–Kier alpha value is -4.60. The van der Waals surface area contributed by atoms with Crippen molar-refractivity contribution in [3.05, 3.63) is 113 Å². The molecule has 7 rings (SSSR count). The lowest BCUT2D eigenvalue weighted by Crippen LogP contribution is -2.44. The molecule has 0 aromatic heterocycles. The number of benzene rings is 4. The van der Waals surface area contributed by atoms with Gasteiger partial charge in [-0.05, 0) is 69.1 Å². The summed E-state index contributed by atoms with van der Waals surface area (Å²) in [7, 11) is -0.617. The predicted octanol–water partition coefficient (Wildman–Crippen LogP) is 5.28. The van der Waals surface area contributed by atoms with E-state index in [9.17, 15) is 15.0 Å². The normalized spacial score (nSPS) is 19.1. The van der Waals surface area contributed by atoms with Crippen LogP contribution >= 0.6 is 0 Å². The molecule has 4 aromatic rings. The molecule has 0 unspecified atom stereocenters. The number of carbonyl (C=O) groups excluding carboxylic acids is 1. The molecule has 0 radical (unpaired) electrons. The van der Waals surface area contributed by atoms with Gasteiger partial charge in [-0.15, -0.1) is 0 Å². The molecule has 42 heavy (non-hydrogen) atoms. The van der Waals surface area contributed by atoms with Crippen LogP contribution in [0.15, 0.2) is 90.0 Å². The highest BCUT2D eigenvalue weighted by Gasteiger charge is 2.57. The zero-order chi connectivity index (χ0) is 29.4. The van der Waals surface area contributed by atoms with Crippen LogP contribution in [0, 0.1) is 0 Å². The van der Waals surface area contributed by atoms with Crippen molar-refractivity contribution in [3.63, 3.8) is 0 Å². The summed E-state index contributed by atoms with van der Waals surface area (Å²) in [4.78, 5) is 14.2. The summed E-state index contributed by atoms with van der Waals surface area (Å²) in [6.45, 7) is 8.01. The molecule has 3 aliphatic rings. The molecule has 0 bridgehead atoms. The molecule has 8 nitrogen and oxygen atoms in total. The Kier molecular flexibility index (Phi) is 5.61. The highest BCUT2D eigenvalue weighted by Crippen LogP contribution is 2.58. The molecule has 0 aliphatic carbocycles. The molecule has 2 N–H and O–H groups in total. The Balaban J connectivity index is 1.42. The predicted molar refractivity (Wildman–Crippen MR) is 159 cm³/mol. The molecule has 1 fully saturated rings. The lowest BCUT2D eigenvalue weighted by molar-refractivity contribution is 0.00578. The fraction of sp³-hybridized carbons (Fsp3) is 0.212. The van der Waals surface area contributed by atoms with Gasteiger partial charge in [-0.2, -0.15) is 5.10 Å². The molecule has 210 valence electrons. The van der Waals surface area contributed by atoms with Crippen molar-refractivity contribution in [2.75, 3.05) is 0 Å². The quantitative estimate of drug-likeness (QED) is 0.261. The summed E-state index contributed by atoms with van der Waals surface area (Å²) in [5.41, 5.74) is 1.73. The van der Waals surface area contributed by atoms with E-state index in [4.69, 9.17) is 19.1 Å². The van der Waals surface area contributed by atoms with Gasteiger partial charge in [-0.1, -0.05) is 42.5 Å². The van der Waals surface area contributed by atoms with Gasteiger partial charge in [-0.3, -0.25) is 4.79 Å². The molecule has 4 aromatic carbocycles. The Morgan fingerprint density at radius 1 is 0.762 bits per heavy atom. The Morgan fingerprint density at radius 2 is 1.33 bits per heavy atom. The van der Waals surface area contributed by atoms with Gasteiger partial charge in [0.25, 0.3) is 5.91 Å². The average molecular weight is 560 g/mol. The monoisotopic (exact) mass is 560 g/mol. The van der Waals surface area contributed by atoms with Crippen molar-refractivity contribution in [1.82, 2.24) is 5.01 Å². The number of amides is 1. The van der Waals surface area contributed by atoms with Crippen LogP contribution in [-0.2, 0) is 14.8 Å². The standard InChI is InChI=1S/C33H29BN2O6/c1-31(2)32(3,4)42-34(41-31)27-12-8-5-9-20(27)19-35-36-30(39)23-10-6-7-11-24(23)33(36)25-15-13-21(37)17-28(25)40-29-18-22(38)14-16-26(29)33/h5-19,37-38H,1-4H3/b35-19+. The number of fused-ring (bicyclic) bond motifs is 6. The van der Waals surface area contributed by atoms with Crippen LogP contribution in [0.4, 0.5) is 0 Å². The third-order valence-electron chi connectivity index (χ3n) is 8.80. The van der Waals surface area contributed by atoms with Crippen LogP contribution < -0.4 is 10.2 Å². The van der Waals surface area contributed by atoms with E-state index < -0.39 is 23.9 Å². The van der Waals surface area contributed by atoms with E-state index in [0.717, 1.165) is 11.0 Å². The summed E-state index contributed by atoms with van der Waals surface area (Å²) < 4.78 is 18.8. The van der Waals surface area contributed by atoms with E-state index >= 15 is 0 Å². The van der Waals surface area contributed by atoms with Crippen LogP contribution in [0.25, 0.3) is 0 Å². The van der Waals surface area contributed by atoms with E-state index in [1.165, 1.54) is 17.1 Å². The summed E-state index contributed by atoms with van der Waals surface area (Å²) in [5.74, 6) is 0.439. The Morgan fingerprint density at radius 3 is 1.98 bits per heavy atom. The smallest absolute Gasteiger partial charge is 0.495 e. The second-order valence-corrected chi connectivity index (χ2v) is 11.8. The number of phenols is 2. The third kappa shape index (κ3) is 3.63. The van der Waals surface area contributed by atoms with Crippen LogP contribution in [0.2, 0.25) is 0 Å². The summed E-state index contributed by atoms with van der Waals surface area (Å²) in [6.07, 6.45) is 1.65. The SMILES string of the molecule is CC1(C)OB(c2ccccc2/C=N/N2C(=O)c3ccccc3C23c2ccc(O)cc2Oc2cc(O)ccc23)OC1(C)C. The van der Waals surface area contributed by atoms with E-state index in [0.29, 0.717) is 33.8 Å². The Bertz CT molecular complexity index is 1730. The van der Waals surface area contributed by atoms with E-state index in [2.05, 4.69) is 0 Å². The van der Waals surface area contributed by atoms with Gasteiger partial charge in [0, 0.05) is 34.4 Å². The molecular weight excluding hydrogens is 531 g/mol. The van der Waals surface area contributed by atoms with Gasteiger partial charge >= 0.3 is 7.12 Å². The molecule has 1 saturated heterocycles. The van der Waals surface area contributed by atoms with Crippen molar-refractivity contribution in [2.45, 2.75) is 44.4 Å². The number of ether oxygens (including phenoxy) is 1. The van der Waals surface area contributed by atoms with E-state index in [1.807, 2.05) is 70.2 Å². The summed E-state index contributed by atoms with van der Waals surface area (Å²) in [5, 5.41) is 27.0. The number of nitrogens with zero attached hydrogens (tertiary/aromatic N) is 2.